The second kappa shape index (κ2) is 6.01. The van der Waals surface area contributed by atoms with E-state index in [2.05, 4.69) is 21.2 Å². The first-order valence-corrected chi connectivity index (χ1v) is 7.21. The number of carbonyl (C=O) groups is 1. The van der Waals surface area contributed by atoms with Crippen LogP contribution in [0, 0.1) is 5.82 Å². The Hall–Kier alpha value is -0.940. The number of benzene rings is 1. The molecular formula is C14H18BrFN2O. The summed E-state index contributed by atoms with van der Waals surface area (Å²) in [7, 11) is 1.81. The van der Waals surface area contributed by atoms with E-state index in [0.29, 0.717) is 18.5 Å². The molecule has 1 fully saturated rings. The van der Waals surface area contributed by atoms with Crippen LogP contribution < -0.4 is 5.32 Å². The monoisotopic (exact) mass is 328 g/mol. The Bertz CT molecular complexity index is 481. The molecular weight excluding hydrogens is 311 g/mol. The van der Waals surface area contributed by atoms with Crippen molar-refractivity contribution in [2.75, 3.05) is 13.6 Å². The molecule has 5 heteroatoms. The highest BCUT2D eigenvalue weighted by atomic mass is 79.9. The summed E-state index contributed by atoms with van der Waals surface area (Å²) in [6, 6.07) is 5.26. The van der Waals surface area contributed by atoms with Gasteiger partial charge in [0.1, 0.15) is 5.82 Å². The molecule has 0 bridgehead atoms. The third-order valence-corrected chi connectivity index (χ3v) is 4.03. The lowest BCUT2D eigenvalue weighted by Crippen LogP contribution is -2.47. The molecule has 3 nitrogen and oxygen atoms in total. The Morgan fingerprint density at radius 3 is 2.89 bits per heavy atom. The van der Waals surface area contributed by atoms with Crippen molar-refractivity contribution in [2.24, 2.45) is 0 Å². The van der Waals surface area contributed by atoms with Crippen molar-refractivity contribution in [1.82, 2.24) is 10.2 Å². The molecule has 1 aliphatic heterocycles. The van der Waals surface area contributed by atoms with E-state index in [1.165, 1.54) is 6.07 Å². The first-order valence-electron chi connectivity index (χ1n) is 6.42. The van der Waals surface area contributed by atoms with Crippen molar-refractivity contribution in [3.63, 3.8) is 0 Å². The number of hydrogen-bond donors (Lipinski definition) is 1. The first kappa shape index (κ1) is 14.5. The molecule has 1 saturated heterocycles. The number of rotatable bonds is 3. The Morgan fingerprint density at radius 1 is 1.53 bits per heavy atom. The number of nitrogens with zero attached hydrogens (tertiary/aromatic N) is 1. The van der Waals surface area contributed by atoms with Crippen molar-refractivity contribution in [2.45, 2.75) is 31.8 Å². The first-order chi connectivity index (χ1) is 8.97. The quantitative estimate of drug-likeness (QED) is 0.925. The number of likely N-dealkylation sites (tertiary alicyclic amines) is 1. The standard InChI is InChI=1S/C14H18BrFN2O/c1-9(12-5-3-10(15)7-13(12)16)17-11-4-6-14(19)18(2)8-11/h3,5,7,9,11,17H,4,6,8H2,1-2H3. The molecule has 2 atom stereocenters. The Labute approximate surface area is 121 Å². The fourth-order valence-electron chi connectivity index (χ4n) is 2.44. The fraction of sp³-hybridized carbons (Fsp3) is 0.500. The maximum absolute atomic E-state index is 13.9. The predicted octanol–water partition coefficient (Wildman–Crippen LogP) is 2.86. The van der Waals surface area contributed by atoms with E-state index in [9.17, 15) is 9.18 Å². The lowest BCUT2D eigenvalue weighted by Gasteiger charge is -2.32. The molecule has 0 saturated carbocycles. The van der Waals surface area contributed by atoms with Crippen LogP contribution in [0.4, 0.5) is 4.39 Å². The second-order valence-corrected chi connectivity index (χ2v) is 5.98. The summed E-state index contributed by atoms with van der Waals surface area (Å²) in [5.74, 6) is -0.0323. The molecule has 0 aromatic heterocycles. The molecule has 1 amide bonds. The van der Waals surface area contributed by atoms with Gasteiger partial charge in [-0.1, -0.05) is 22.0 Å². The molecule has 1 aromatic carbocycles. The summed E-state index contributed by atoms with van der Waals surface area (Å²) in [6.07, 6.45) is 1.37. The zero-order valence-electron chi connectivity index (χ0n) is 11.1. The largest absolute Gasteiger partial charge is 0.344 e. The highest BCUT2D eigenvalue weighted by Gasteiger charge is 2.24. The van der Waals surface area contributed by atoms with Gasteiger partial charge in [-0.2, -0.15) is 0 Å². The van der Waals surface area contributed by atoms with E-state index in [4.69, 9.17) is 0 Å². The third kappa shape index (κ3) is 3.54. The van der Waals surface area contributed by atoms with Crippen molar-refractivity contribution in [1.29, 1.82) is 0 Å². The average molecular weight is 329 g/mol. The summed E-state index contributed by atoms with van der Waals surface area (Å²) < 4.78 is 14.6. The van der Waals surface area contributed by atoms with Crippen molar-refractivity contribution < 1.29 is 9.18 Å². The lowest BCUT2D eigenvalue weighted by atomic mass is 10.0. The van der Waals surface area contributed by atoms with Gasteiger partial charge in [0.25, 0.3) is 0 Å². The fourth-order valence-corrected chi connectivity index (χ4v) is 2.78. The summed E-state index contributed by atoms with van der Waals surface area (Å²) in [4.78, 5) is 13.1. The summed E-state index contributed by atoms with van der Waals surface area (Å²) in [5, 5.41) is 3.40. The Morgan fingerprint density at radius 2 is 2.26 bits per heavy atom. The predicted molar refractivity (Wildman–Crippen MR) is 76.3 cm³/mol. The van der Waals surface area contributed by atoms with Gasteiger partial charge in [0, 0.05) is 42.1 Å². The van der Waals surface area contributed by atoms with E-state index < -0.39 is 0 Å². The highest BCUT2D eigenvalue weighted by Crippen LogP contribution is 2.22. The van der Waals surface area contributed by atoms with Gasteiger partial charge in [0.2, 0.25) is 5.91 Å². The number of likely N-dealkylation sites (N-methyl/N-ethyl adjacent to an activating group) is 1. The van der Waals surface area contributed by atoms with Crippen LogP contribution in [0.5, 0.6) is 0 Å². The Kier molecular flexibility index (Phi) is 4.58. The van der Waals surface area contributed by atoms with Crippen LogP contribution in [0.1, 0.15) is 31.4 Å². The third-order valence-electron chi connectivity index (χ3n) is 3.54. The summed E-state index contributed by atoms with van der Waals surface area (Å²) in [6.45, 7) is 2.63. The van der Waals surface area contributed by atoms with Crippen LogP contribution in [0.3, 0.4) is 0 Å². The van der Waals surface area contributed by atoms with Crippen LogP contribution in [0.2, 0.25) is 0 Å². The zero-order valence-corrected chi connectivity index (χ0v) is 12.7. The molecule has 2 rings (SSSR count). The highest BCUT2D eigenvalue weighted by molar-refractivity contribution is 9.10. The van der Waals surface area contributed by atoms with Gasteiger partial charge in [-0.15, -0.1) is 0 Å². The van der Waals surface area contributed by atoms with Gasteiger partial charge in [-0.3, -0.25) is 4.79 Å². The zero-order chi connectivity index (χ0) is 14.0. The second-order valence-electron chi connectivity index (χ2n) is 5.06. The van der Waals surface area contributed by atoms with Gasteiger partial charge in [-0.05, 0) is 25.5 Å². The normalized spacial score (nSPS) is 21.6. The minimum atomic E-state index is -0.213. The molecule has 2 unspecified atom stereocenters. The lowest BCUT2D eigenvalue weighted by molar-refractivity contribution is -0.132. The maximum Gasteiger partial charge on any atom is 0.222 e. The number of nitrogens with one attached hydrogen (secondary N) is 1. The van der Waals surface area contributed by atoms with Gasteiger partial charge < -0.3 is 10.2 Å². The number of carbonyl (C=O) groups excluding carboxylic acids is 1. The van der Waals surface area contributed by atoms with Crippen LogP contribution in [0.25, 0.3) is 0 Å². The molecule has 104 valence electrons. The molecule has 19 heavy (non-hydrogen) atoms. The smallest absolute Gasteiger partial charge is 0.222 e. The molecule has 0 spiro atoms. The Balaban J connectivity index is 2.01. The topological polar surface area (TPSA) is 32.3 Å². The molecule has 1 aliphatic rings. The van der Waals surface area contributed by atoms with E-state index in [1.807, 2.05) is 13.0 Å². The van der Waals surface area contributed by atoms with Gasteiger partial charge in [0.15, 0.2) is 0 Å². The average Bonchev–Trinajstić information content (AvgIpc) is 2.33. The van der Waals surface area contributed by atoms with E-state index in [0.717, 1.165) is 10.9 Å². The van der Waals surface area contributed by atoms with Gasteiger partial charge in [0.05, 0.1) is 0 Å². The van der Waals surface area contributed by atoms with E-state index in [-0.39, 0.29) is 23.8 Å². The summed E-state index contributed by atoms with van der Waals surface area (Å²) in [5.41, 5.74) is 0.655. The van der Waals surface area contributed by atoms with E-state index in [1.54, 1.807) is 18.0 Å². The van der Waals surface area contributed by atoms with Gasteiger partial charge >= 0.3 is 0 Å². The SMILES string of the molecule is CC(NC1CCC(=O)N(C)C1)c1ccc(Br)cc1F. The van der Waals surface area contributed by atoms with Crippen LogP contribution >= 0.6 is 15.9 Å². The van der Waals surface area contributed by atoms with Crippen molar-refractivity contribution >= 4 is 21.8 Å². The number of hydrogen-bond acceptors (Lipinski definition) is 2. The van der Waals surface area contributed by atoms with Crippen LogP contribution in [0.15, 0.2) is 22.7 Å². The van der Waals surface area contributed by atoms with Crippen molar-refractivity contribution in [3.8, 4) is 0 Å². The minimum absolute atomic E-state index is 0.0697. The number of piperidine rings is 1. The van der Waals surface area contributed by atoms with Gasteiger partial charge in [-0.25, -0.2) is 4.39 Å². The van der Waals surface area contributed by atoms with E-state index >= 15 is 0 Å². The number of halogens is 2. The molecule has 0 aliphatic carbocycles. The number of amides is 1. The molecule has 1 N–H and O–H groups in total. The van der Waals surface area contributed by atoms with Crippen LogP contribution in [-0.2, 0) is 4.79 Å². The molecule has 1 heterocycles. The molecule has 0 radical (unpaired) electrons. The maximum atomic E-state index is 13.9. The summed E-state index contributed by atoms with van der Waals surface area (Å²) >= 11 is 3.25. The van der Waals surface area contributed by atoms with Crippen LogP contribution in [-0.4, -0.2) is 30.4 Å². The molecule has 1 aromatic rings. The van der Waals surface area contributed by atoms with Crippen molar-refractivity contribution in [3.05, 3.63) is 34.1 Å². The minimum Gasteiger partial charge on any atom is -0.344 e.